The molecule has 3 aromatic heterocycles. The number of pyridine rings is 2. The van der Waals surface area contributed by atoms with E-state index in [2.05, 4.69) is 25.5 Å². The molecular formula is C22H14F3N5. The number of hydrogen-bond donors (Lipinski definition) is 2. The van der Waals surface area contributed by atoms with Gasteiger partial charge in [0, 0.05) is 22.5 Å². The van der Waals surface area contributed by atoms with Crippen LogP contribution < -0.4 is 5.32 Å². The number of fused-ring (bicyclic) bond motifs is 2. The number of anilines is 2. The number of hydrogen-bond acceptors (Lipinski definition) is 4. The van der Waals surface area contributed by atoms with E-state index in [1.165, 1.54) is 12.1 Å². The highest BCUT2D eigenvalue weighted by atomic mass is 19.4. The molecule has 5 rings (SSSR count). The van der Waals surface area contributed by atoms with Crippen LogP contribution in [-0.2, 0) is 6.18 Å². The summed E-state index contributed by atoms with van der Waals surface area (Å²) in [6.45, 7) is 0. The molecule has 5 nitrogen and oxygen atoms in total. The number of nitrogens with one attached hydrogen (secondary N) is 2. The van der Waals surface area contributed by atoms with E-state index < -0.39 is 11.7 Å². The lowest BCUT2D eigenvalue weighted by Gasteiger charge is -2.14. The quantitative estimate of drug-likeness (QED) is 0.390. The van der Waals surface area contributed by atoms with Crippen LogP contribution in [0.1, 0.15) is 5.56 Å². The number of alkyl halides is 3. The Morgan fingerprint density at radius 3 is 2.47 bits per heavy atom. The summed E-state index contributed by atoms with van der Waals surface area (Å²) in [5.41, 5.74) is 0.788. The maximum Gasteiger partial charge on any atom is 0.417 e. The van der Waals surface area contributed by atoms with Crippen LogP contribution in [0, 0.1) is 0 Å². The van der Waals surface area contributed by atoms with Gasteiger partial charge >= 0.3 is 6.18 Å². The molecule has 0 atom stereocenters. The van der Waals surface area contributed by atoms with Gasteiger partial charge in [-0.15, -0.1) is 0 Å². The first-order valence-corrected chi connectivity index (χ1v) is 9.13. The maximum absolute atomic E-state index is 13.6. The Morgan fingerprint density at radius 1 is 0.833 bits per heavy atom. The highest BCUT2D eigenvalue weighted by Crippen LogP contribution is 2.38. The fraction of sp³-hybridized carbons (Fsp3) is 0.0455. The third-order valence-electron chi connectivity index (χ3n) is 4.81. The third kappa shape index (κ3) is 3.12. The van der Waals surface area contributed by atoms with E-state index in [1.807, 2.05) is 30.3 Å². The van der Waals surface area contributed by atoms with E-state index in [9.17, 15) is 13.2 Å². The van der Waals surface area contributed by atoms with Gasteiger partial charge in [0.15, 0.2) is 5.82 Å². The van der Waals surface area contributed by atoms with E-state index in [-0.39, 0.29) is 11.3 Å². The topological polar surface area (TPSA) is 66.5 Å². The zero-order valence-corrected chi connectivity index (χ0v) is 15.4. The molecule has 0 spiro atoms. The van der Waals surface area contributed by atoms with Crippen molar-refractivity contribution >= 4 is 33.4 Å². The van der Waals surface area contributed by atoms with Crippen LogP contribution in [-0.4, -0.2) is 20.2 Å². The van der Waals surface area contributed by atoms with Crippen molar-refractivity contribution in [3.05, 3.63) is 78.5 Å². The van der Waals surface area contributed by atoms with Gasteiger partial charge < -0.3 is 5.32 Å². The van der Waals surface area contributed by atoms with Crippen molar-refractivity contribution in [2.24, 2.45) is 0 Å². The molecule has 8 heteroatoms. The predicted molar refractivity (Wildman–Crippen MR) is 109 cm³/mol. The summed E-state index contributed by atoms with van der Waals surface area (Å²) in [6, 6.07) is 18.1. The minimum absolute atomic E-state index is 0.00695. The Morgan fingerprint density at radius 2 is 1.60 bits per heavy atom. The fourth-order valence-corrected chi connectivity index (χ4v) is 3.43. The van der Waals surface area contributed by atoms with Gasteiger partial charge in [-0.25, -0.2) is 4.98 Å². The Bertz CT molecular complexity index is 1370. The summed E-state index contributed by atoms with van der Waals surface area (Å²) in [4.78, 5) is 8.84. The van der Waals surface area contributed by atoms with E-state index >= 15 is 0 Å². The average Bonchev–Trinajstić information content (AvgIpc) is 3.16. The zero-order chi connectivity index (χ0) is 20.7. The van der Waals surface area contributed by atoms with Crippen LogP contribution in [0.15, 0.2) is 72.9 Å². The lowest BCUT2D eigenvalue weighted by molar-refractivity contribution is -0.137. The van der Waals surface area contributed by atoms with Crippen LogP contribution >= 0.6 is 0 Å². The van der Waals surface area contributed by atoms with E-state index in [1.54, 1.807) is 24.4 Å². The first-order chi connectivity index (χ1) is 14.5. The largest absolute Gasteiger partial charge is 0.417 e. The lowest BCUT2D eigenvalue weighted by Crippen LogP contribution is -2.08. The molecule has 0 saturated carbocycles. The molecule has 0 unspecified atom stereocenters. The monoisotopic (exact) mass is 405 g/mol. The maximum atomic E-state index is 13.6. The SMILES string of the molecule is FC(F)(F)c1ccccc1-c1cc2ncccc2c(Nc2n[nH]c3ccccc23)n1. The highest BCUT2D eigenvalue weighted by molar-refractivity contribution is 5.97. The molecule has 0 fully saturated rings. The smallest absolute Gasteiger partial charge is 0.322 e. The van der Waals surface area contributed by atoms with Gasteiger partial charge in [0.05, 0.1) is 22.3 Å². The van der Waals surface area contributed by atoms with Crippen LogP contribution in [0.3, 0.4) is 0 Å². The molecule has 148 valence electrons. The van der Waals surface area contributed by atoms with Gasteiger partial charge in [0.1, 0.15) is 5.82 Å². The number of aromatic amines is 1. The molecule has 0 saturated heterocycles. The Kier molecular flexibility index (Phi) is 4.13. The van der Waals surface area contributed by atoms with Crippen molar-refractivity contribution in [2.75, 3.05) is 5.32 Å². The Hall–Kier alpha value is -3.94. The fourth-order valence-electron chi connectivity index (χ4n) is 3.43. The number of H-pyrrole nitrogens is 1. The van der Waals surface area contributed by atoms with Crippen molar-refractivity contribution in [2.45, 2.75) is 6.18 Å². The molecule has 0 aliphatic rings. The van der Waals surface area contributed by atoms with Crippen molar-refractivity contribution in [1.82, 2.24) is 20.2 Å². The molecule has 0 aliphatic carbocycles. The molecule has 0 amide bonds. The van der Waals surface area contributed by atoms with E-state index in [0.29, 0.717) is 22.5 Å². The van der Waals surface area contributed by atoms with Gasteiger partial charge in [-0.2, -0.15) is 18.3 Å². The molecule has 0 bridgehead atoms. The number of nitrogens with zero attached hydrogens (tertiary/aromatic N) is 3. The van der Waals surface area contributed by atoms with Gasteiger partial charge in [-0.1, -0.05) is 30.3 Å². The molecule has 2 N–H and O–H groups in total. The summed E-state index contributed by atoms with van der Waals surface area (Å²) in [7, 11) is 0. The number of rotatable bonds is 3. The normalized spacial score (nSPS) is 11.8. The van der Waals surface area contributed by atoms with Crippen LogP contribution in [0.5, 0.6) is 0 Å². The molecule has 30 heavy (non-hydrogen) atoms. The summed E-state index contributed by atoms with van der Waals surface area (Å²) in [6.07, 6.45) is -2.90. The highest BCUT2D eigenvalue weighted by Gasteiger charge is 2.33. The van der Waals surface area contributed by atoms with Gasteiger partial charge in [0.25, 0.3) is 0 Å². The molecule has 5 aromatic rings. The number of benzene rings is 2. The zero-order valence-electron chi connectivity index (χ0n) is 15.4. The number of para-hydroxylation sites is 1. The van der Waals surface area contributed by atoms with Crippen molar-refractivity contribution in [3.8, 4) is 11.3 Å². The minimum atomic E-state index is -4.50. The standard InChI is InChI=1S/C22H14F3N5/c23-22(24,25)16-9-3-1-6-13(16)19-12-18-15(8-5-11-26-18)20(27-19)28-21-14-7-2-4-10-17(14)29-30-21/h1-12H,(H2,27,28,29,30). The van der Waals surface area contributed by atoms with E-state index in [4.69, 9.17) is 0 Å². The number of aromatic nitrogens is 4. The summed E-state index contributed by atoms with van der Waals surface area (Å²) in [5, 5.41) is 11.9. The summed E-state index contributed by atoms with van der Waals surface area (Å²) >= 11 is 0. The Labute approximate surface area is 168 Å². The second-order valence-electron chi connectivity index (χ2n) is 6.71. The molecular weight excluding hydrogens is 391 g/mol. The number of halogens is 3. The van der Waals surface area contributed by atoms with Crippen molar-refractivity contribution in [1.29, 1.82) is 0 Å². The molecule has 3 heterocycles. The molecule has 0 radical (unpaired) electrons. The van der Waals surface area contributed by atoms with Crippen LogP contribution in [0.25, 0.3) is 33.1 Å². The summed E-state index contributed by atoms with van der Waals surface area (Å²) < 4.78 is 40.7. The van der Waals surface area contributed by atoms with Crippen LogP contribution in [0.4, 0.5) is 24.8 Å². The molecule has 2 aromatic carbocycles. The average molecular weight is 405 g/mol. The second-order valence-corrected chi connectivity index (χ2v) is 6.71. The van der Waals surface area contributed by atoms with Crippen molar-refractivity contribution < 1.29 is 13.2 Å². The first-order valence-electron chi connectivity index (χ1n) is 9.13. The van der Waals surface area contributed by atoms with Crippen LogP contribution in [0.2, 0.25) is 0 Å². The first kappa shape index (κ1) is 18.1. The second kappa shape index (κ2) is 6.84. The van der Waals surface area contributed by atoms with Gasteiger partial charge in [-0.3, -0.25) is 10.1 Å². The van der Waals surface area contributed by atoms with Gasteiger partial charge in [0.2, 0.25) is 0 Å². The predicted octanol–water partition coefficient (Wildman–Crippen LogP) is 5.94. The van der Waals surface area contributed by atoms with E-state index in [0.717, 1.165) is 17.0 Å². The third-order valence-corrected chi connectivity index (χ3v) is 4.81. The summed E-state index contributed by atoms with van der Waals surface area (Å²) in [5.74, 6) is 0.911. The Balaban J connectivity index is 1.70. The minimum Gasteiger partial charge on any atom is -0.322 e. The lowest BCUT2D eigenvalue weighted by atomic mass is 10.0. The molecule has 0 aliphatic heterocycles. The van der Waals surface area contributed by atoms with Gasteiger partial charge in [-0.05, 0) is 36.4 Å². The van der Waals surface area contributed by atoms with Crippen molar-refractivity contribution in [3.63, 3.8) is 0 Å².